The van der Waals surface area contributed by atoms with Crippen LogP contribution in [0, 0.1) is 5.92 Å². The van der Waals surface area contributed by atoms with Gasteiger partial charge in [-0.25, -0.2) is 4.39 Å². The molecule has 0 radical (unpaired) electrons. The minimum absolute atomic E-state index is 0.267. The van der Waals surface area contributed by atoms with Gasteiger partial charge in [0.05, 0.1) is 11.2 Å². The summed E-state index contributed by atoms with van der Waals surface area (Å²) < 4.78 is 25.9. The van der Waals surface area contributed by atoms with Gasteiger partial charge in [-0.1, -0.05) is 6.08 Å². The van der Waals surface area contributed by atoms with Gasteiger partial charge in [0.2, 0.25) is 0 Å². The first-order chi connectivity index (χ1) is 9.62. The van der Waals surface area contributed by atoms with Crippen molar-refractivity contribution < 1.29 is 13.7 Å². The average molecular weight is 297 g/mol. The molecule has 0 bridgehead atoms. The monoisotopic (exact) mass is 297 g/mol. The molecule has 0 spiro atoms. The number of allylic oxidation sites excluding steroid dienone is 1. The molecule has 0 aromatic heterocycles. The Morgan fingerprint density at radius 3 is 2.05 bits per heavy atom. The van der Waals surface area contributed by atoms with Crippen molar-refractivity contribution in [1.82, 2.24) is 4.90 Å². The van der Waals surface area contributed by atoms with E-state index in [9.17, 15) is 4.39 Å². The lowest BCUT2D eigenvalue weighted by Gasteiger charge is -2.33. The largest absolute Gasteiger partial charge is 0.524 e. The molecule has 0 aromatic carbocycles. The normalized spacial score (nSPS) is 27.6. The van der Waals surface area contributed by atoms with Crippen molar-refractivity contribution in [3.05, 3.63) is 11.8 Å². The Morgan fingerprint density at radius 2 is 1.62 bits per heavy atom. The minimum Gasteiger partial charge on any atom is -0.398 e. The van der Waals surface area contributed by atoms with E-state index in [1.54, 1.807) is 6.08 Å². The predicted molar refractivity (Wildman–Crippen MR) is 84.7 cm³/mol. The van der Waals surface area contributed by atoms with Gasteiger partial charge in [0.15, 0.2) is 0 Å². The molecule has 2 saturated heterocycles. The molecule has 120 valence electrons. The van der Waals surface area contributed by atoms with Crippen LogP contribution in [0.5, 0.6) is 0 Å². The topological polar surface area (TPSA) is 21.7 Å². The molecule has 0 amide bonds. The Labute approximate surface area is 129 Å². The molecule has 3 nitrogen and oxygen atoms in total. The number of rotatable bonds is 3. The molecule has 2 aliphatic heterocycles. The lowest BCUT2D eigenvalue weighted by molar-refractivity contribution is 0.00578. The zero-order chi connectivity index (χ0) is 15.8. The van der Waals surface area contributed by atoms with E-state index in [1.165, 1.54) is 0 Å². The summed E-state index contributed by atoms with van der Waals surface area (Å²) in [4.78, 5) is 2.44. The maximum absolute atomic E-state index is 14.4. The van der Waals surface area contributed by atoms with Crippen molar-refractivity contribution in [2.45, 2.75) is 71.6 Å². The smallest absolute Gasteiger partial charge is 0.398 e. The molecule has 2 heterocycles. The molecule has 21 heavy (non-hydrogen) atoms. The average Bonchev–Trinajstić information content (AvgIpc) is 2.59. The van der Waals surface area contributed by atoms with E-state index in [2.05, 4.69) is 18.7 Å². The van der Waals surface area contributed by atoms with Crippen molar-refractivity contribution in [3.63, 3.8) is 0 Å². The van der Waals surface area contributed by atoms with E-state index in [0.717, 1.165) is 25.9 Å². The molecule has 0 N–H and O–H groups in total. The first kappa shape index (κ1) is 17.0. The number of hydrogen-bond donors (Lipinski definition) is 0. The fourth-order valence-electron chi connectivity index (χ4n) is 2.86. The lowest BCUT2D eigenvalue weighted by Crippen LogP contribution is -2.41. The van der Waals surface area contributed by atoms with Crippen LogP contribution >= 0.6 is 0 Å². The molecule has 2 fully saturated rings. The summed E-state index contributed by atoms with van der Waals surface area (Å²) in [5.41, 5.74) is -1.23. The minimum atomic E-state index is -0.849. The first-order valence-electron chi connectivity index (χ1n) is 8.09. The Hall–Kier alpha value is -0.385. The van der Waals surface area contributed by atoms with Crippen molar-refractivity contribution >= 4 is 7.12 Å². The van der Waals surface area contributed by atoms with Gasteiger partial charge in [-0.15, -0.1) is 0 Å². The van der Waals surface area contributed by atoms with E-state index in [1.807, 2.05) is 27.7 Å². The van der Waals surface area contributed by atoms with Gasteiger partial charge in [-0.3, -0.25) is 0 Å². The Kier molecular flexibility index (Phi) is 4.86. The van der Waals surface area contributed by atoms with Crippen LogP contribution < -0.4 is 0 Å². The number of likely N-dealkylation sites (tertiary alicyclic amines) is 1. The van der Waals surface area contributed by atoms with Crippen LogP contribution in [-0.4, -0.2) is 42.4 Å². The zero-order valence-electron chi connectivity index (χ0n) is 14.3. The number of piperidine rings is 1. The Balaban J connectivity index is 1.94. The fraction of sp³-hybridized carbons (Fsp3) is 0.875. The first-order valence-corrected chi connectivity index (χ1v) is 8.09. The lowest BCUT2D eigenvalue weighted by atomic mass is 9.83. The van der Waals surface area contributed by atoms with Crippen molar-refractivity contribution in [2.75, 3.05) is 13.1 Å². The van der Waals surface area contributed by atoms with Crippen LogP contribution in [0.15, 0.2) is 11.8 Å². The van der Waals surface area contributed by atoms with Crippen LogP contribution in [-0.2, 0) is 9.31 Å². The van der Waals surface area contributed by atoms with Gasteiger partial charge in [-0.05, 0) is 73.4 Å². The van der Waals surface area contributed by atoms with E-state index in [0.29, 0.717) is 12.0 Å². The standard InChI is InChI=1S/C16H29BFNO2/c1-12(2)19-9-7-13(8-10-19)11-14(18)17-20-15(3,4)16(5,6)21-17/h11-13H,7-10H2,1-6H3. The third-order valence-electron chi connectivity index (χ3n) is 5.18. The van der Waals surface area contributed by atoms with Crippen molar-refractivity contribution in [1.29, 1.82) is 0 Å². The highest BCUT2D eigenvalue weighted by atomic mass is 19.1. The second-order valence-corrected chi connectivity index (χ2v) is 7.61. The molecule has 5 heteroatoms. The molecule has 2 aliphatic rings. The summed E-state index contributed by atoms with van der Waals surface area (Å²) in [6.45, 7) is 14.3. The molecule has 0 unspecified atom stereocenters. The van der Waals surface area contributed by atoms with Crippen molar-refractivity contribution in [3.8, 4) is 0 Å². The van der Waals surface area contributed by atoms with Crippen LogP contribution in [0.4, 0.5) is 4.39 Å². The molecule has 0 atom stereocenters. The van der Waals surface area contributed by atoms with Crippen LogP contribution in [0.3, 0.4) is 0 Å². The zero-order valence-corrected chi connectivity index (χ0v) is 14.3. The second-order valence-electron chi connectivity index (χ2n) is 7.61. The third kappa shape index (κ3) is 3.69. The fourth-order valence-corrected chi connectivity index (χ4v) is 2.86. The molecular formula is C16H29BFNO2. The number of nitrogens with zero attached hydrogens (tertiary/aromatic N) is 1. The highest BCUT2D eigenvalue weighted by molar-refractivity contribution is 6.53. The molecule has 0 saturated carbocycles. The van der Waals surface area contributed by atoms with Gasteiger partial charge in [-0.2, -0.15) is 0 Å². The third-order valence-corrected chi connectivity index (χ3v) is 5.18. The molecule has 2 rings (SSSR count). The van der Waals surface area contributed by atoms with E-state index in [-0.39, 0.29) is 5.73 Å². The second kappa shape index (κ2) is 6.02. The molecule has 0 aromatic rings. The number of hydrogen-bond acceptors (Lipinski definition) is 3. The summed E-state index contributed by atoms with van der Waals surface area (Å²) in [5, 5.41) is 0. The van der Waals surface area contributed by atoms with Crippen LogP contribution in [0.25, 0.3) is 0 Å². The summed E-state index contributed by atoms with van der Waals surface area (Å²) in [6.07, 6.45) is 3.73. The van der Waals surface area contributed by atoms with Crippen LogP contribution in [0.2, 0.25) is 0 Å². The molecule has 0 aliphatic carbocycles. The van der Waals surface area contributed by atoms with Crippen molar-refractivity contribution in [2.24, 2.45) is 5.92 Å². The van der Waals surface area contributed by atoms with Gasteiger partial charge in [0, 0.05) is 6.04 Å². The predicted octanol–water partition coefficient (Wildman–Crippen LogP) is 3.59. The highest BCUT2D eigenvalue weighted by Gasteiger charge is 2.53. The van der Waals surface area contributed by atoms with Crippen LogP contribution in [0.1, 0.15) is 54.4 Å². The van der Waals surface area contributed by atoms with E-state index in [4.69, 9.17) is 9.31 Å². The van der Waals surface area contributed by atoms with Gasteiger partial charge in [0.1, 0.15) is 5.73 Å². The van der Waals surface area contributed by atoms with E-state index < -0.39 is 18.3 Å². The summed E-state index contributed by atoms with van der Waals surface area (Å²) in [6, 6.07) is 0.572. The summed E-state index contributed by atoms with van der Waals surface area (Å²) in [7, 11) is -0.849. The van der Waals surface area contributed by atoms with Gasteiger partial charge >= 0.3 is 7.12 Å². The maximum atomic E-state index is 14.4. The number of halogens is 1. The quantitative estimate of drug-likeness (QED) is 0.743. The molecular weight excluding hydrogens is 268 g/mol. The Morgan fingerprint density at radius 1 is 1.14 bits per heavy atom. The maximum Gasteiger partial charge on any atom is 0.524 e. The Bertz CT molecular complexity index is 385. The SMILES string of the molecule is CC(C)N1CCC(C=C(F)B2OC(C)(C)C(C)(C)O2)CC1. The summed E-state index contributed by atoms with van der Waals surface area (Å²) in [5.74, 6) is 0.291. The van der Waals surface area contributed by atoms with E-state index >= 15 is 0 Å². The summed E-state index contributed by atoms with van der Waals surface area (Å²) >= 11 is 0. The van der Waals surface area contributed by atoms with Gasteiger partial charge < -0.3 is 14.2 Å². The van der Waals surface area contributed by atoms with Gasteiger partial charge in [0.25, 0.3) is 0 Å². The highest BCUT2D eigenvalue weighted by Crippen LogP contribution is 2.39.